The van der Waals surface area contributed by atoms with Gasteiger partial charge >= 0.3 is 0 Å². The first kappa shape index (κ1) is 14.7. The molecular weight excluding hydrogens is 228 g/mol. The van der Waals surface area contributed by atoms with Crippen LogP contribution in [0.5, 0.6) is 0 Å². The Bertz CT molecular complexity index is 381. The fraction of sp³-hybridized carbons (Fsp3) is 0.692. The number of hydrogen-bond acceptors (Lipinski definition) is 5. The quantitative estimate of drug-likeness (QED) is 0.802. The van der Waals surface area contributed by atoms with Gasteiger partial charge in [-0.2, -0.15) is 0 Å². The average Bonchev–Trinajstić information content (AvgIpc) is 2.38. The van der Waals surface area contributed by atoms with Crippen molar-refractivity contribution in [1.29, 1.82) is 0 Å². The van der Waals surface area contributed by atoms with Crippen molar-refractivity contribution in [3.8, 4) is 0 Å². The van der Waals surface area contributed by atoms with Crippen LogP contribution < -0.4 is 10.2 Å². The van der Waals surface area contributed by atoms with Crippen molar-refractivity contribution in [1.82, 2.24) is 9.97 Å². The van der Waals surface area contributed by atoms with Crippen molar-refractivity contribution in [3.63, 3.8) is 0 Å². The minimum atomic E-state index is 0.692. The van der Waals surface area contributed by atoms with Crippen LogP contribution in [0.3, 0.4) is 0 Å². The number of rotatable bonds is 7. The van der Waals surface area contributed by atoms with Crippen LogP contribution in [-0.4, -0.2) is 43.8 Å². The SMILES string of the molecule is CCNc1nc(CC)nc(N(C)CCOC)c1C. The van der Waals surface area contributed by atoms with E-state index in [0.29, 0.717) is 6.61 Å². The Kier molecular flexibility index (Phi) is 5.85. The van der Waals surface area contributed by atoms with E-state index in [9.17, 15) is 0 Å². The molecule has 0 aromatic carbocycles. The van der Waals surface area contributed by atoms with Gasteiger partial charge in [0.1, 0.15) is 17.5 Å². The summed E-state index contributed by atoms with van der Waals surface area (Å²) in [4.78, 5) is 11.2. The number of nitrogens with one attached hydrogen (secondary N) is 1. The predicted octanol–water partition coefficient (Wildman–Crippen LogP) is 1.86. The van der Waals surface area contributed by atoms with Crippen LogP contribution in [0.2, 0.25) is 0 Å². The molecule has 0 aliphatic rings. The Morgan fingerprint density at radius 3 is 2.56 bits per heavy atom. The Morgan fingerprint density at radius 1 is 1.28 bits per heavy atom. The van der Waals surface area contributed by atoms with Gasteiger partial charge in [-0.15, -0.1) is 0 Å². The third-order valence-corrected chi connectivity index (χ3v) is 2.82. The molecule has 102 valence electrons. The first-order valence-corrected chi connectivity index (χ1v) is 6.45. The zero-order chi connectivity index (χ0) is 13.5. The Balaban J connectivity index is 3.04. The lowest BCUT2D eigenvalue weighted by Gasteiger charge is -2.22. The van der Waals surface area contributed by atoms with E-state index in [4.69, 9.17) is 4.74 Å². The molecule has 0 unspecified atom stereocenters. The highest BCUT2D eigenvalue weighted by Gasteiger charge is 2.13. The number of aryl methyl sites for hydroxylation is 1. The van der Waals surface area contributed by atoms with Crippen molar-refractivity contribution >= 4 is 11.6 Å². The largest absolute Gasteiger partial charge is 0.383 e. The first-order valence-electron chi connectivity index (χ1n) is 6.45. The fourth-order valence-corrected chi connectivity index (χ4v) is 1.75. The van der Waals surface area contributed by atoms with E-state index in [1.165, 1.54) is 0 Å². The normalized spacial score (nSPS) is 10.5. The van der Waals surface area contributed by atoms with Crippen LogP contribution in [0.15, 0.2) is 0 Å². The molecule has 5 nitrogen and oxygen atoms in total. The van der Waals surface area contributed by atoms with E-state index in [1.54, 1.807) is 7.11 Å². The summed E-state index contributed by atoms with van der Waals surface area (Å²) in [6.45, 7) is 8.57. The van der Waals surface area contributed by atoms with Gasteiger partial charge in [-0.3, -0.25) is 0 Å². The Hall–Kier alpha value is -1.36. The lowest BCUT2D eigenvalue weighted by atomic mass is 10.2. The first-order chi connectivity index (χ1) is 8.63. The molecule has 1 rings (SSSR count). The highest BCUT2D eigenvalue weighted by Crippen LogP contribution is 2.22. The number of nitrogens with zero attached hydrogens (tertiary/aromatic N) is 3. The maximum atomic E-state index is 5.11. The van der Waals surface area contributed by atoms with Gasteiger partial charge in [0.05, 0.1) is 6.61 Å². The molecule has 0 atom stereocenters. The topological polar surface area (TPSA) is 50.3 Å². The molecule has 0 saturated carbocycles. The third-order valence-electron chi connectivity index (χ3n) is 2.82. The molecule has 1 aromatic heterocycles. The van der Waals surface area contributed by atoms with Crippen LogP contribution >= 0.6 is 0 Å². The van der Waals surface area contributed by atoms with Crippen molar-refractivity contribution in [2.45, 2.75) is 27.2 Å². The molecule has 5 heteroatoms. The lowest BCUT2D eigenvalue weighted by Crippen LogP contribution is -2.25. The van der Waals surface area contributed by atoms with Crippen LogP contribution in [-0.2, 0) is 11.2 Å². The number of likely N-dealkylation sites (N-methyl/N-ethyl adjacent to an activating group) is 1. The van der Waals surface area contributed by atoms with Crippen molar-refractivity contribution in [2.24, 2.45) is 0 Å². The van der Waals surface area contributed by atoms with Crippen molar-refractivity contribution in [2.75, 3.05) is 44.1 Å². The number of hydrogen-bond donors (Lipinski definition) is 1. The van der Waals surface area contributed by atoms with Crippen molar-refractivity contribution < 1.29 is 4.74 Å². The summed E-state index contributed by atoms with van der Waals surface area (Å²) < 4.78 is 5.11. The van der Waals surface area contributed by atoms with E-state index in [2.05, 4.69) is 41.0 Å². The van der Waals surface area contributed by atoms with Gasteiger partial charge < -0.3 is 15.0 Å². The molecule has 0 saturated heterocycles. The molecule has 1 aromatic rings. The van der Waals surface area contributed by atoms with E-state index in [0.717, 1.165) is 42.5 Å². The van der Waals surface area contributed by atoms with Crippen LogP contribution in [0.4, 0.5) is 11.6 Å². The van der Waals surface area contributed by atoms with Gasteiger partial charge in [0.15, 0.2) is 0 Å². The smallest absolute Gasteiger partial charge is 0.137 e. The second-order valence-corrected chi connectivity index (χ2v) is 4.24. The molecule has 0 bridgehead atoms. The lowest BCUT2D eigenvalue weighted by molar-refractivity contribution is 0.206. The molecule has 0 aliphatic heterocycles. The molecule has 1 heterocycles. The van der Waals surface area contributed by atoms with Gasteiger partial charge in [-0.05, 0) is 13.8 Å². The maximum Gasteiger partial charge on any atom is 0.137 e. The van der Waals surface area contributed by atoms with Gasteiger partial charge in [0, 0.05) is 39.2 Å². The monoisotopic (exact) mass is 252 g/mol. The maximum absolute atomic E-state index is 5.11. The summed E-state index contributed by atoms with van der Waals surface area (Å²) in [7, 11) is 3.74. The zero-order valence-corrected chi connectivity index (χ0v) is 12.1. The van der Waals surface area contributed by atoms with Crippen LogP contribution in [0, 0.1) is 6.92 Å². The standard InChI is InChI=1S/C13H24N4O/c1-6-11-15-12(14-7-2)10(3)13(16-11)17(4)8-9-18-5/h6-9H2,1-5H3,(H,14,15,16). The van der Waals surface area contributed by atoms with Gasteiger partial charge in [0.25, 0.3) is 0 Å². The minimum absolute atomic E-state index is 0.692. The fourth-order valence-electron chi connectivity index (χ4n) is 1.75. The van der Waals surface area contributed by atoms with Gasteiger partial charge in [-0.1, -0.05) is 6.92 Å². The van der Waals surface area contributed by atoms with Gasteiger partial charge in [0.2, 0.25) is 0 Å². The second kappa shape index (κ2) is 7.16. The third kappa shape index (κ3) is 3.57. The number of ether oxygens (including phenoxy) is 1. The second-order valence-electron chi connectivity index (χ2n) is 4.24. The molecule has 0 fully saturated rings. The average molecular weight is 252 g/mol. The number of methoxy groups -OCH3 is 1. The summed E-state index contributed by atoms with van der Waals surface area (Å²) in [5, 5.41) is 3.29. The van der Waals surface area contributed by atoms with E-state index in [1.807, 2.05) is 7.05 Å². The Morgan fingerprint density at radius 2 is 2.00 bits per heavy atom. The summed E-state index contributed by atoms with van der Waals surface area (Å²) >= 11 is 0. The van der Waals surface area contributed by atoms with Crippen LogP contribution in [0.1, 0.15) is 25.2 Å². The minimum Gasteiger partial charge on any atom is -0.383 e. The van der Waals surface area contributed by atoms with E-state index in [-0.39, 0.29) is 0 Å². The molecule has 1 N–H and O–H groups in total. The summed E-state index contributed by atoms with van der Waals surface area (Å²) in [6.07, 6.45) is 0.837. The molecule has 0 spiro atoms. The number of aromatic nitrogens is 2. The summed E-state index contributed by atoms with van der Waals surface area (Å²) in [5.41, 5.74) is 1.09. The highest BCUT2D eigenvalue weighted by molar-refractivity contribution is 5.58. The van der Waals surface area contributed by atoms with E-state index >= 15 is 0 Å². The molecule has 18 heavy (non-hydrogen) atoms. The Labute approximate surface area is 110 Å². The van der Waals surface area contributed by atoms with Crippen molar-refractivity contribution in [3.05, 3.63) is 11.4 Å². The van der Waals surface area contributed by atoms with Gasteiger partial charge in [-0.25, -0.2) is 9.97 Å². The molecule has 0 aliphatic carbocycles. The molecular formula is C13H24N4O. The van der Waals surface area contributed by atoms with Crippen LogP contribution in [0.25, 0.3) is 0 Å². The predicted molar refractivity (Wildman–Crippen MR) is 75.5 cm³/mol. The summed E-state index contributed by atoms with van der Waals surface area (Å²) in [6, 6.07) is 0. The number of anilines is 2. The highest BCUT2D eigenvalue weighted by atomic mass is 16.5. The zero-order valence-electron chi connectivity index (χ0n) is 12.1. The van der Waals surface area contributed by atoms with E-state index < -0.39 is 0 Å². The molecule has 0 amide bonds. The summed E-state index contributed by atoms with van der Waals surface area (Å²) in [5.74, 6) is 2.79. The molecule has 0 radical (unpaired) electrons.